The van der Waals surface area contributed by atoms with Crippen molar-refractivity contribution in [2.45, 2.75) is 38.9 Å². The van der Waals surface area contributed by atoms with Gasteiger partial charge in [0, 0.05) is 18.3 Å². The number of pyridine rings is 1. The van der Waals surface area contributed by atoms with Gasteiger partial charge >= 0.3 is 7.12 Å². The third-order valence-electron chi connectivity index (χ3n) is 3.93. The number of aromatic nitrogens is 1. The van der Waals surface area contributed by atoms with E-state index in [4.69, 9.17) is 15.0 Å². The van der Waals surface area contributed by atoms with E-state index >= 15 is 0 Å². The Labute approximate surface area is 119 Å². The van der Waals surface area contributed by atoms with Crippen LogP contribution in [0.4, 0.5) is 4.39 Å². The van der Waals surface area contributed by atoms with Crippen LogP contribution in [-0.2, 0) is 9.31 Å². The van der Waals surface area contributed by atoms with Crippen LogP contribution in [0.15, 0.2) is 30.1 Å². The standard InChI is InChI=1S/C14H20BFN2O2/c1-13(2)14(3,4)20-15(19-13)12(16)10(9-17)11-7-5-6-8-18-11/h5-8H,9,17H2,1-4H3. The lowest BCUT2D eigenvalue weighted by molar-refractivity contribution is 0.00578. The first-order valence-electron chi connectivity index (χ1n) is 6.64. The predicted octanol–water partition coefficient (Wildman–Crippen LogP) is 2.35. The molecular formula is C14H20BFN2O2. The molecule has 108 valence electrons. The second kappa shape index (κ2) is 5.28. The largest absolute Gasteiger partial charge is 0.525 e. The number of hydrogen-bond acceptors (Lipinski definition) is 4. The van der Waals surface area contributed by atoms with Gasteiger partial charge in [-0.1, -0.05) is 6.07 Å². The summed E-state index contributed by atoms with van der Waals surface area (Å²) in [5.41, 5.74) is 4.79. The quantitative estimate of drug-likeness (QED) is 0.862. The molecule has 20 heavy (non-hydrogen) atoms. The number of halogens is 1. The van der Waals surface area contributed by atoms with Crippen LogP contribution in [0.2, 0.25) is 0 Å². The van der Waals surface area contributed by atoms with Crippen LogP contribution < -0.4 is 5.73 Å². The van der Waals surface area contributed by atoms with Crippen LogP contribution in [0.5, 0.6) is 0 Å². The Kier molecular flexibility index (Phi) is 4.00. The highest BCUT2D eigenvalue weighted by atomic mass is 19.1. The van der Waals surface area contributed by atoms with Gasteiger partial charge in [-0.2, -0.15) is 0 Å². The van der Waals surface area contributed by atoms with E-state index in [9.17, 15) is 4.39 Å². The maximum Gasteiger partial charge on any atom is 0.525 e. The minimum Gasteiger partial charge on any atom is -0.398 e. The summed E-state index contributed by atoms with van der Waals surface area (Å²) in [6, 6.07) is 5.27. The van der Waals surface area contributed by atoms with Crippen molar-refractivity contribution in [1.82, 2.24) is 4.98 Å². The first kappa shape index (κ1) is 15.2. The second-order valence-electron chi connectivity index (χ2n) is 5.83. The molecule has 0 unspecified atom stereocenters. The molecule has 0 aromatic carbocycles. The van der Waals surface area contributed by atoms with Gasteiger partial charge in [-0.15, -0.1) is 0 Å². The van der Waals surface area contributed by atoms with E-state index in [0.717, 1.165) is 0 Å². The highest BCUT2D eigenvalue weighted by Crippen LogP contribution is 2.39. The minimum atomic E-state index is -1.04. The summed E-state index contributed by atoms with van der Waals surface area (Å²) >= 11 is 0. The molecule has 0 bridgehead atoms. The molecule has 0 radical (unpaired) electrons. The Bertz CT molecular complexity index is 501. The summed E-state index contributed by atoms with van der Waals surface area (Å²) in [4.78, 5) is 4.13. The molecular weight excluding hydrogens is 258 g/mol. The van der Waals surface area contributed by atoms with E-state index in [0.29, 0.717) is 11.3 Å². The van der Waals surface area contributed by atoms with Crippen molar-refractivity contribution in [3.05, 3.63) is 35.8 Å². The molecule has 1 aromatic heterocycles. The van der Waals surface area contributed by atoms with Crippen molar-refractivity contribution in [1.29, 1.82) is 0 Å². The summed E-state index contributed by atoms with van der Waals surface area (Å²) < 4.78 is 26.0. The zero-order valence-electron chi connectivity index (χ0n) is 12.3. The van der Waals surface area contributed by atoms with Crippen molar-refractivity contribution in [2.24, 2.45) is 5.73 Å². The fourth-order valence-electron chi connectivity index (χ4n) is 1.95. The SMILES string of the molecule is CC1(C)OB(C(F)=C(CN)c2ccccn2)OC1(C)C. The van der Waals surface area contributed by atoms with E-state index in [-0.39, 0.29) is 6.54 Å². The number of nitrogens with two attached hydrogens (primary N) is 1. The molecule has 0 saturated carbocycles. The average molecular weight is 278 g/mol. The maximum atomic E-state index is 14.7. The lowest BCUT2D eigenvalue weighted by Gasteiger charge is -2.32. The molecule has 1 aliphatic heterocycles. The Hall–Kier alpha value is -1.24. The summed E-state index contributed by atoms with van der Waals surface area (Å²) in [6.45, 7) is 7.55. The maximum absolute atomic E-state index is 14.7. The molecule has 1 aliphatic rings. The highest BCUT2D eigenvalue weighted by Gasteiger charge is 2.53. The molecule has 1 saturated heterocycles. The van der Waals surface area contributed by atoms with Crippen LogP contribution in [0.25, 0.3) is 5.57 Å². The zero-order chi connectivity index (χ0) is 15.0. The molecule has 2 rings (SSSR count). The van der Waals surface area contributed by atoms with E-state index in [1.54, 1.807) is 24.4 Å². The summed E-state index contributed by atoms with van der Waals surface area (Å²) in [5, 5.41) is 0. The Morgan fingerprint density at radius 2 is 1.85 bits per heavy atom. The van der Waals surface area contributed by atoms with E-state index in [2.05, 4.69) is 4.98 Å². The van der Waals surface area contributed by atoms with Gasteiger partial charge < -0.3 is 15.0 Å². The van der Waals surface area contributed by atoms with E-state index < -0.39 is 24.0 Å². The third kappa shape index (κ3) is 2.64. The van der Waals surface area contributed by atoms with Gasteiger partial charge in [0.2, 0.25) is 0 Å². The Morgan fingerprint density at radius 1 is 1.25 bits per heavy atom. The molecule has 0 spiro atoms. The number of hydrogen-bond donors (Lipinski definition) is 1. The van der Waals surface area contributed by atoms with Gasteiger partial charge in [-0.05, 0) is 39.8 Å². The molecule has 0 aliphatic carbocycles. The molecule has 1 fully saturated rings. The van der Waals surface area contributed by atoms with Crippen molar-refractivity contribution < 1.29 is 13.7 Å². The van der Waals surface area contributed by atoms with Crippen molar-refractivity contribution in [2.75, 3.05) is 6.54 Å². The normalized spacial score (nSPS) is 21.8. The summed E-state index contributed by atoms with van der Waals surface area (Å²) in [7, 11) is -1.04. The van der Waals surface area contributed by atoms with Gasteiger partial charge in [-0.3, -0.25) is 4.98 Å². The summed E-state index contributed by atoms with van der Waals surface area (Å²) in [6.07, 6.45) is 1.60. The van der Waals surface area contributed by atoms with Gasteiger partial charge in [-0.25, -0.2) is 4.39 Å². The number of nitrogens with zero attached hydrogens (tertiary/aromatic N) is 1. The van der Waals surface area contributed by atoms with Crippen LogP contribution in [0, 0.1) is 0 Å². The van der Waals surface area contributed by atoms with Gasteiger partial charge in [0.25, 0.3) is 0 Å². The average Bonchev–Trinajstić information content (AvgIpc) is 2.60. The molecule has 2 N–H and O–H groups in total. The smallest absolute Gasteiger partial charge is 0.398 e. The van der Waals surface area contributed by atoms with Crippen LogP contribution in [0.3, 0.4) is 0 Å². The van der Waals surface area contributed by atoms with Gasteiger partial charge in [0.1, 0.15) is 5.73 Å². The molecule has 0 amide bonds. The van der Waals surface area contributed by atoms with Crippen molar-refractivity contribution in [3.63, 3.8) is 0 Å². The topological polar surface area (TPSA) is 57.4 Å². The summed E-state index contributed by atoms with van der Waals surface area (Å²) in [5.74, 6) is 0. The Morgan fingerprint density at radius 3 is 2.30 bits per heavy atom. The monoisotopic (exact) mass is 278 g/mol. The lowest BCUT2D eigenvalue weighted by Crippen LogP contribution is -2.41. The van der Waals surface area contributed by atoms with Gasteiger partial charge in [0.05, 0.1) is 16.9 Å². The first-order valence-corrected chi connectivity index (χ1v) is 6.64. The second-order valence-corrected chi connectivity index (χ2v) is 5.83. The first-order chi connectivity index (χ1) is 9.28. The highest BCUT2D eigenvalue weighted by molar-refractivity contribution is 6.55. The molecule has 4 nitrogen and oxygen atoms in total. The fourth-order valence-corrected chi connectivity index (χ4v) is 1.95. The van der Waals surface area contributed by atoms with E-state index in [1.807, 2.05) is 27.7 Å². The molecule has 2 heterocycles. The minimum absolute atomic E-state index is 0.0346. The van der Waals surface area contributed by atoms with Crippen molar-refractivity contribution in [3.8, 4) is 0 Å². The van der Waals surface area contributed by atoms with Gasteiger partial charge in [0.15, 0.2) is 0 Å². The molecule has 6 heteroatoms. The lowest BCUT2D eigenvalue weighted by atomic mass is 9.83. The zero-order valence-corrected chi connectivity index (χ0v) is 12.3. The number of rotatable bonds is 3. The predicted molar refractivity (Wildman–Crippen MR) is 77.4 cm³/mol. The molecule has 0 atom stereocenters. The third-order valence-corrected chi connectivity index (χ3v) is 3.93. The van der Waals surface area contributed by atoms with Crippen LogP contribution in [-0.4, -0.2) is 29.8 Å². The Balaban J connectivity index is 2.35. The van der Waals surface area contributed by atoms with Crippen LogP contribution >= 0.6 is 0 Å². The molecule has 1 aromatic rings. The van der Waals surface area contributed by atoms with E-state index in [1.165, 1.54) is 0 Å². The van der Waals surface area contributed by atoms with Crippen molar-refractivity contribution >= 4 is 12.7 Å². The fraction of sp³-hybridized carbons (Fsp3) is 0.500. The van der Waals surface area contributed by atoms with Crippen LogP contribution in [0.1, 0.15) is 33.4 Å².